The third-order valence-corrected chi connectivity index (χ3v) is 4.43. The van der Waals surface area contributed by atoms with Crippen LogP contribution in [0.15, 0.2) is 18.3 Å². The van der Waals surface area contributed by atoms with Crippen LogP contribution in [0.4, 0.5) is 10.6 Å². The highest BCUT2D eigenvalue weighted by Crippen LogP contribution is 2.18. The number of aliphatic hydroxyl groups is 1. The Hall–Kier alpha value is -1.82. The molecule has 0 aromatic carbocycles. The number of anilines is 1. The summed E-state index contributed by atoms with van der Waals surface area (Å²) in [4.78, 5) is 20.8. The van der Waals surface area contributed by atoms with Crippen molar-refractivity contribution in [1.29, 1.82) is 0 Å². The van der Waals surface area contributed by atoms with Crippen molar-refractivity contribution in [3.63, 3.8) is 0 Å². The lowest BCUT2D eigenvalue weighted by Crippen LogP contribution is -2.46. The van der Waals surface area contributed by atoms with Crippen molar-refractivity contribution < 1.29 is 9.90 Å². The summed E-state index contributed by atoms with van der Waals surface area (Å²) in [5.74, 6) is 0.998. The maximum Gasteiger partial charge on any atom is 0.317 e. The smallest absolute Gasteiger partial charge is 0.317 e. The van der Waals surface area contributed by atoms with E-state index in [-0.39, 0.29) is 6.03 Å². The van der Waals surface area contributed by atoms with Crippen molar-refractivity contribution in [2.45, 2.75) is 58.6 Å². The van der Waals surface area contributed by atoms with Crippen LogP contribution >= 0.6 is 0 Å². The molecule has 2 amide bonds. The number of nitrogens with one attached hydrogen (secondary N) is 1. The number of aromatic nitrogens is 1. The van der Waals surface area contributed by atoms with Gasteiger partial charge >= 0.3 is 6.03 Å². The van der Waals surface area contributed by atoms with E-state index in [9.17, 15) is 9.90 Å². The Morgan fingerprint density at radius 1 is 1.32 bits per heavy atom. The first-order valence-corrected chi connectivity index (χ1v) is 9.34. The van der Waals surface area contributed by atoms with E-state index >= 15 is 0 Å². The minimum Gasteiger partial charge on any atom is -0.389 e. The molecule has 1 saturated heterocycles. The number of urea groups is 1. The lowest BCUT2D eigenvalue weighted by atomic mass is 10.1. The fourth-order valence-electron chi connectivity index (χ4n) is 3.13. The molecule has 2 heterocycles. The van der Waals surface area contributed by atoms with Crippen LogP contribution in [0.2, 0.25) is 0 Å². The summed E-state index contributed by atoms with van der Waals surface area (Å²) in [6.07, 6.45) is 6.83. The van der Waals surface area contributed by atoms with Crippen LogP contribution in [-0.4, -0.2) is 52.8 Å². The lowest BCUT2D eigenvalue weighted by molar-refractivity contribution is 0.0480. The first kappa shape index (κ1) is 19.5. The summed E-state index contributed by atoms with van der Waals surface area (Å²) >= 11 is 0. The fraction of sp³-hybridized carbons (Fsp3) is 0.684. The maximum atomic E-state index is 12.3. The molecule has 1 aliphatic rings. The van der Waals surface area contributed by atoms with Gasteiger partial charge in [0, 0.05) is 32.4 Å². The minimum absolute atomic E-state index is 0.155. The van der Waals surface area contributed by atoms with Crippen LogP contribution in [0.5, 0.6) is 0 Å². The number of hydrogen-bond donors (Lipinski definition) is 2. The van der Waals surface area contributed by atoms with Crippen LogP contribution in [0.25, 0.3) is 0 Å². The standard InChI is InChI=1S/C19H32N4O2/c1-4-22(15-19(2,3)25)18(24)21-14-16-9-10-20-17(13-16)23-11-7-5-6-8-12-23/h9-10,13,25H,4-8,11-12,14-15H2,1-3H3,(H,21,24). The topological polar surface area (TPSA) is 68.7 Å². The van der Waals surface area contributed by atoms with E-state index in [2.05, 4.69) is 21.3 Å². The van der Waals surface area contributed by atoms with Gasteiger partial charge in [0.1, 0.15) is 5.82 Å². The molecule has 2 rings (SSSR count). The molecular weight excluding hydrogens is 316 g/mol. The second-order valence-electron chi connectivity index (χ2n) is 7.41. The Balaban J connectivity index is 1.93. The Morgan fingerprint density at radius 2 is 2.00 bits per heavy atom. The number of carbonyl (C=O) groups is 1. The molecule has 0 unspecified atom stereocenters. The largest absolute Gasteiger partial charge is 0.389 e. The van der Waals surface area contributed by atoms with Gasteiger partial charge in [-0.3, -0.25) is 0 Å². The zero-order valence-corrected chi connectivity index (χ0v) is 15.8. The molecule has 2 N–H and O–H groups in total. The van der Waals surface area contributed by atoms with Gasteiger partial charge in [0.05, 0.1) is 12.1 Å². The zero-order chi connectivity index (χ0) is 18.3. The van der Waals surface area contributed by atoms with Crippen molar-refractivity contribution in [1.82, 2.24) is 15.2 Å². The van der Waals surface area contributed by atoms with Crippen molar-refractivity contribution in [2.75, 3.05) is 31.1 Å². The number of hydrogen-bond acceptors (Lipinski definition) is 4. The van der Waals surface area contributed by atoms with Gasteiger partial charge < -0.3 is 20.2 Å². The summed E-state index contributed by atoms with van der Waals surface area (Å²) in [6.45, 7) is 8.77. The van der Waals surface area contributed by atoms with E-state index in [1.54, 1.807) is 18.7 Å². The van der Waals surface area contributed by atoms with E-state index in [0.717, 1.165) is 24.5 Å². The molecule has 1 aromatic heterocycles. The summed E-state index contributed by atoms with van der Waals surface area (Å²) in [7, 11) is 0. The van der Waals surface area contributed by atoms with Crippen molar-refractivity contribution in [3.05, 3.63) is 23.9 Å². The maximum absolute atomic E-state index is 12.3. The highest BCUT2D eigenvalue weighted by molar-refractivity contribution is 5.74. The van der Waals surface area contributed by atoms with E-state index in [4.69, 9.17) is 0 Å². The van der Waals surface area contributed by atoms with Gasteiger partial charge in [0.2, 0.25) is 0 Å². The van der Waals surface area contributed by atoms with E-state index < -0.39 is 5.60 Å². The molecule has 0 radical (unpaired) electrons. The number of likely N-dealkylation sites (N-methyl/N-ethyl adjacent to an activating group) is 1. The number of carbonyl (C=O) groups excluding carboxylic acids is 1. The normalized spacial score (nSPS) is 15.6. The SMILES string of the molecule is CCN(CC(C)(C)O)C(=O)NCc1ccnc(N2CCCCCC2)c1. The highest BCUT2D eigenvalue weighted by Gasteiger charge is 2.21. The quantitative estimate of drug-likeness (QED) is 0.829. The summed E-state index contributed by atoms with van der Waals surface area (Å²) in [6, 6.07) is 3.85. The number of rotatable bonds is 6. The monoisotopic (exact) mass is 348 g/mol. The van der Waals surface area contributed by atoms with Crippen LogP contribution in [0.3, 0.4) is 0 Å². The number of nitrogens with zero attached hydrogens (tertiary/aromatic N) is 3. The Kier molecular flexibility index (Phi) is 7.05. The molecule has 1 aromatic rings. The van der Waals surface area contributed by atoms with Crippen molar-refractivity contribution in [3.8, 4) is 0 Å². The molecule has 0 bridgehead atoms. The molecule has 25 heavy (non-hydrogen) atoms. The van der Waals surface area contributed by atoms with Crippen LogP contribution in [0, 0.1) is 0 Å². The first-order valence-electron chi connectivity index (χ1n) is 9.34. The van der Waals surface area contributed by atoms with Gasteiger partial charge in [-0.25, -0.2) is 9.78 Å². The molecule has 140 valence electrons. The Labute approximate surface area is 151 Å². The van der Waals surface area contributed by atoms with Crippen LogP contribution in [0.1, 0.15) is 52.0 Å². The van der Waals surface area contributed by atoms with Gasteiger partial charge in [0.25, 0.3) is 0 Å². The minimum atomic E-state index is -0.899. The van der Waals surface area contributed by atoms with Crippen molar-refractivity contribution in [2.24, 2.45) is 0 Å². The van der Waals surface area contributed by atoms with E-state index in [0.29, 0.717) is 19.6 Å². The first-order chi connectivity index (χ1) is 11.9. The predicted molar refractivity (Wildman–Crippen MR) is 101 cm³/mol. The summed E-state index contributed by atoms with van der Waals surface area (Å²) in [5, 5.41) is 12.9. The fourth-order valence-corrected chi connectivity index (χ4v) is 3.13. The van der Waals surface area contributed by atoms with Crippen molar-refractivity contribution >= 4 is 11.8 Å². The molecule has 0 atom stereocenters. The second kappa shape index (κ2) is 9.04. The second-order valence-corrected chi connectivity index (χ2v) is 7.41. The summed E-state index contributed by atoms with van der Waals surface area (Å²) in [5.41, 5.74) is 0.145. The van der Waals surface area contributed by atoms with Gasteiger partial charge in [-0.15, -0.1) is 0 Å². The van der Waals surface area contributed by atoms with E-state index in [1.807, 2.05) is 19.2 Å². The van der Waals surface area contributed by atoms with Gasteiger partial charge in [0.15, 0.2) is 0 Å². The van der Waals surface area contributed by atoms with Crippen LogP contribution in [-0.2, 0) is 6.54 Å². The molecule has 1 fully saturated rings. The predicted octanol–water partition coefficient (Wildman–Crippen LogP) is 2.76. The summed E-state index contributed by atoms with van der Waals surface area (Å²) < 4.78 is 0. The van der Waals surface area contributed by atoms with Gasteiger partial charge in [-0.2, -0.15) is 0 Å². The Bertz CT molecular complexity index is 549. The number of amides is 2. The molecule has 0 saturated carbocycles. The third-order valence-electron chi connectivity index (χ3n) is 4.43. The lowest BCUT2D eigenvalue weighted by Gasteiger charge is -2.28. The average Bonchev–Trinajstić information content (AvgIpc) is 2.86. The average molecular weight is 348 g/mol. The highest BCUT2D eigenvalue weighted by atomic mass is 16.3. The molecule has 1 aliphatic heterocycles. The molecular formula is C19H32N4O2. The Morgan fingerprint density at radius 3 is 2.60 bits per heavy atom. The molecule has 0 aliphatic carbocycles. The van der Waals surface area contributed by atoms with Gasteiger partial charge in [-0.1, -0.05) is 12.8 Å². The van der Waals surface area contributed by atoms with Gasteiger partial charge in [-0.05, 0) is 51.3 Å². The van der Waals surface area contributed by atoms with E-state index in [1.165, 1.54) is 25.7 Å². The number of pyridine rings is 1. The molecule has 6 heteroatoms. The molecule has 0 spiro atoms. The zero-order valence-electron chi connectivity index (χ0n) is 15.8. The molecule has 6 nitrogen and oxygen atoms in total. The van der Waals surface area contributed by atoms with Crippen LogP contribution < -0.4 is 10.2 Å². The third kappa shape index (κ3) is 6.53.